The number of hydrogen-bond donors (Lipinski definition) is 6. The molecule has 143 heavy (non-hydrogen) atoms. The first-order valence-corrected chi connectivity index (χ1v) is 43.2. The van der Waals surface area contributed by atoms with E-state index < -0.39 is 47.0 Å². The minimum atomic E-state index is -1.57. The van der Waals surface area contributed by atoms with Crippen molar-refractivity contribution in [1.29, 1.82) is 0 Å². The zero-order valence-electron chi connectivity index (χ0n) is 78.7. The summed E-state index contributed by atoms with van der Waals surface area (Å²) in [6.45, 7) is 2.17. The van der Waals surface area contributed by atoms with Gasteiger partial charge in [0.2, 0.25) is 0 Å². The summed E-state index contributed by atoms with van der Waals surface area (Å²) in [6, 6.07) is 73.1. The minimum Gasteiger partial charge on any atom is -0.657 e. The van der Waals surface area contributed by atoms with Crippen LogP contribution in [0.4, 0.5) is 0 Å². The molecule has 16 bridgehead atoms. The van der Waals surface area contributed by atoms with Gasteiger partial charge in [0.15, 0.2) is 0 Å². The molecule has 18 rings (SSSR count). The van der Waals surface area contributed by atoms with Crippen molar-refractivity contribution in [2.45, 2.75) is 13.8 Å². The van der Waals surface area contributed by atoms with E-state index in [1.165, 1.54) is 12.2 Å². The van der Waals surface area contributed by atoms with Crippen LogP contribution in [0.25, 0.3) is 194 Å². The predicted molar refractivity (Wildman–Crippen MR) is 541 cm³/mol. The summed E-state index contributed by atoms with van der Waals surface area (Å²) in [4.78, 5) is 108. The Bertz CT molecular complexity index is 7310. The molecule has 711 valence electrons. The van der Waals surface area contributed by atoms with Crippen molar-refractivity contribution in [2.24, 2.45) is 0 Å². The van der Waals surface area contributed by atoms with Crippen molar-refractivity contribution in [3.8, 4) is 135 Å². The third-order valence-corrected chi connectivity index (χ3v) is 22.5. The topological polar surface area (TPSA) is 406 Å². The Balaban J connectivity index is 0.000000233. The molecular weight excluding hydrogens is 1970 g/mol. The Kier molecular flexibility index (Phi) is 34.8. The Morgan fingerprint density at radius 2 is 0.413 bits per heavy atom. The van der Waals surface area contributed by atoms with Crippen LogP contribution in [0.3, 0.4) is 0 Å². The number of methoxy groups -OCH3 is 8. The molecule has 0 aliphatic carbocycles. The summed E-state index contributed by atoms with van der Waals surface area (Å²) in [5.41, 5.74) is 21.6. The SMILES string of the molecule is CC(=O)O.CC(=O)O.COc1ccc(-c2c3nc(c(-c4ccc(OC)cc4)c4cc(/C=C/C=C(C(=O)O)C(=O)O)c([n-]4)c(-c4ccc(OC)cc4)c4nc(c(-c5ccc(OC)cc5)c5ccc2[n-]5)C=C4)C=C3)cc1.COc1ccc(-c2c3nc(c(-c4ccc(OC)cc4)c4cc(/C=C/C=C(C(=O)O)C(=O)O)c([n-]4)c(-c4ccc(OC)cc4)c4nc(c(-c5ccc(OC)cc5)c5ccc2[n-]5)C=C4)C=C3)cc1.[Cu+2].[Zn+2].[Zn]. The van der Waals surface area contributed by atoms with Crippen molar-refractivity contribution >= 4 is 141 Å². The molecule has 6 N–H and O–H groups in total. The number of carbonyl (C=O) groups is 6. The van der Waals surface area contributed by atoms with E-state index in [4.69, 9.17) is 97.6 Å². The average molecular weight is 2060 g/mol. The van der Waals surface area contributed by atoms with Gasteiger partial charge >= 0.3 is 60.4 Å². The van der Waals surface area contributed by atoms with Crippen molar-refractivity contribution in [3.63, 3.8) is 0 Å². The van der Waals surface area contributed by atoms with Gasteiger partial charge in [-0.15, -0.1) is 44.1 Å². The molecule has 0 amide bonds. The first-order chi connectivity index (χ1) is 67.8. The Morgan fingerprint density at radius 3 is 0.580 bits per heavy atom. The molecular formula is C112H88CuN8O20Zn2. The molecule has 31 heteroatoms. The third kappa shape index (κ3) is 23.9. The van der Waals surface area contributed by atoms with E-state index in [-0.39, 0.29) is 56.0 Å². The van der Waals surface area contributed by atoms with Gasteiger partial charge in [-0.2, -0.15) is 0 Å². The van der Waals surface area contributed by atoms with Gasteiger partial charge in [0.05, 0.1) is 102 Å². The fraction of sp³-hybridized carbons (Fsp3) is 0.0893. The van der Waals surface area contributed by atoms with E-state index in [1.54, 1.807) is 69.0 Å². The fourth-order valence-electron chi connectivity index (χ4n) is 16.0. The molecule has 0 spiro atoms. The van der Waals surface area contributed by atoms with Gasteiger partial charge in [-0.1, -0.05) is 158 Å². The molecule has 8 aromatic carbocycles. The van der Waals surface area contributed by atoms with Gasteiger partial charge in [-0.25, -0.2) is 39.1 Å². The minimum absolute atomic E-state index is 0. The van der Waals surface area contributed by atoms with Crippen LogP contribution < -0.4 is 57.8 Å². The summed E-state index contributed by atoms with van der Waals surface area (Å²) in [7, 11) is 12.9. The molecule has 0 saturated carbocycles. The molecule has 6 aromatic heterocycles. The average Bonchev–Trinajstić information content (AvgIpc) is 1.61. The quantitative estimate of drug-likeness (QED) is 0.0108. The van der Waals surface area contributed by atoms with Gasteiger partial charge in [0, 0.05) is 33.3 Å². The number of nitrogens with zero attached hydrogens (tertiary/aromatic N) is 8. The normalized spacial score (nSPS) is 11.1. The number of aromatic nitrogens is 8. The van der Waals surface area contributed by atoms with Gasteiger partial charge in [-0.3, -0.25) is 9.59 Å². The van der Waals surface area contributed by atoms with Crippen LogP contribution in [0.5, 0.6) is 46.0 Å². The maximum absolute atomic E-state index is 11.9. The first-order valence-electron chi connectivity index (χ1n) is 43.2. The third-order valence-electron chi connectivity index (χ3n) is 22.5. The number of carboxylic acids is 6. The second kappa shape index (κ2) is 47.5. The molecule has 0 saturated heterocycles. The van der Waals surface area contributed by atoms with E-state index in [0.29, 0.717) is 169 Å². The zero-order chi connectivity index (χ0) is 99.0. The van der Waals surface area contributed by atoms with Gasteiger partial charge < -0.3 is 88.5 Å². The molecule has 28 nitrogen and oxygen atoms in total. The van der Waals surface area contributed by atoms with E-state index in [1.807, 2.05) is 279 Å². The van der Waals surface area contributed by atoms with E-state index in [9.17, 15) is 39.6 Å². The van der Waals surface area contributed by atoms with Crippen LogP contribution in [-0.2, 0) is 84.8 Å². The Labute approximate surface area is 856 Å². The van der Waals surface area contributed by atoms with E-state index in [0.717, 1.165) is 92.8 Å². The summed E-state index contributed by atoms with van der Waals surface area (Å²) in [5.74, 6) is -2.53. The number of carboxylic acid groups (broad SMARTS) is 6. The van der Waals surface area contributed by atoms with Crippen molar-refractivity contribution < 1.29 is 153 Å². The van der Waals surface area contributed by atoms with E-state index >= 15 is 0 Å². The van der Waals surface area contributed by atoms with Crippen LogP contribution in [0.2, 0.25) is 0 Å². The van der Waals surface area contributed by atoms with Crippen LogP contribution in [0, 0.1) is 0 Å². The molecule has 1 radical (unpaired) electrons. The molecule has 10 heterocycles. The standard InChI is InChI=1S/2C54H42N4O8.2C2H4O2.Cu.2Zn/c2*1-63-36-16-8-31(9-17-36)48-41-24-25-42(55-41)49(32-10-18-37(64-2)19-11-32)44-28-29-46(57-44)51(34-14-22-39(66-4)23-15-34)52-35(6-5-7-40(53(59)60)54(61)62)30-47(58-52)50(45-27-26-43(48)56-45)33-12-20-38(65-3)21-13-33;2*1-2(3)4;;;/h2*5-30H,1-4H3,(H4,55,56,57,58,59,60,61,62);2*1H3,(H,3,4);;;/q;;;;+2;;+2/p-4/b2*6-5+,48-41?,48-43?,49-42?,49-44?,50-45?,50-47?,51-46?,52-51?;;;;;. The monoisotopic (exact) mass is 2060 g/mol. The number of ether oxygens (including phenoxy) is 8. The summed E-state index contributed by atoms with van der Waals surface area (Å²) < 4.78 is 44.3. The molecule has 0 atom stereocenters. The number of hydrogen-bond acceptors (Lipinski definition) is 18. The van der Waals surface area contributed by atoms with Crippen LogP contribution in [0.1, 0.15) is 70.5 Å². The maximum Gasteiger partial charge on any atom is 2.00 e. The number of aliphatic carboxylic acids is 6. The smallest absolute Gasteiger partial charge is 0.657 e. The molecule has 4 aliphatic heterocycles. The van der Waals surface area contributed by atoms with Crippen molar-refractivity contribution in [3.05, 3.63) is 323 Å². The zero-order valence-corrected chi connectivity index (χ0v) is 85.6. The van der Waals surface area contributed by atoms with Crippen molar-refractivity contribution in [2.75, 3.05) is 56.9 Å². The number of allylic oxidation sites excluding steroid dienone is 4. The van der Waals surface area contributed by atoms with Gasteiger partial charge in [0.25, 0.3) is 11.9 Å². The Hall–Kier alpha value is -17.1. The van der Waals surface area contributed by atoms with Gasteiger partial charge in [-0.05, 0) is 258 Å². The van der Waals surface area contributed by atoms with Crippen LogP contribution >= 0.6 is 0 Å². The summed E-state index contributed by atoms with van der Waals surface area (Å²) in [6.07, 6.45) is 23.8. The second-order valence-corrected chi connectivity index (χ2v) is 31.1. The molecule has 0 unspecified atom stereocenters. The number of rotatable bonds is 24. The molecule has 0 fully saturated rings. The largest absolute Gasteiger partial charge is 2.00 e. The molecule has 4 aliphatic rings. The first kappa shape index (κ1) is 105. The summed E-state index contributed by atoms with van der Waals surface area (Å²) >= 11 is 0. The maximum atomic E-state index is 11.9. The van der Waals surface area contributed by atoms with Gasteiger partial charge in [0.1, 0.15) is 57.1 Å². The fourth-order valence-corrected chi connectivity index (χ4v) is 16.0. The second-order valence-electron chi connectivity index (χ2n) is 31.1. The van der Waals surface area contributed by atoms with Crippen LogP contribution in [0.15, 0.2) is 266 Å². The Morgan fingerprint density at radius 1 is 0.252 bits per heavy atom. The van der Waals surface area contributed by atoms with E-state index in [2.05, 4.69) is 0 Å². The number of benzene rings is 8. The summed E-state index contributed by atoms with van der Waals surface area (Å²) in [5, 5.41) is 53.6. The molecule has 14 aromatic rings. The van der Waals surface area contributed by atoms with Crippen molar-refractivity contribution in [1.82, 2.24) is 39.9 Å². The number of fused-ring (bicyclic) bond motifs is 16. The predicted octanol–water partition coefficient (Wildman–Crippen LogP) is 21.6. The van der Waals surface area contributed by atoms with Crippen LogP contribution in [-0.4, -0.2) is 143 Å².